The first-order chi connectivity index (χ1) is 10.8. The lowest BCUT2D eigenvalue weighted by Crippen LogP contribution is -2.12. The molecular weight excluding hydrogens is 361 g/mol. The Morgan fingerprint density at radius 3 is 2.30 bits per heavy atom. The number of hydrogen-bond acceptors (Lipinski definition) is 5. The molecule has 23 heavy (non-hydrogen) atoms. The average Bonchev–Trinajstić information content (AvgIpc) is 2.48. The Morgan fingerprint density at radius 2 is 1.78 bits per heavy atom. The number of nitro benzene ring substituents is 1. The lowest BCUT2D eigenvalue weighted by atomic mass is 10.1. The summed E-state index contributed by atoms with van der Waals surface area (Å²) in [6, 6.07) is 3.71. The fourth-order valence-corrected chi connectivity index (χ4v) is 3.69. The summed E-state index contributed by atoms with van der Waals surface area (Å²) in [4.78, 5) is 10.7. The van der Waals surface area contributed by atoms with E-state index in [4.69, 9.17) is 36.4 Å². The molecule has 0 fully saturated rings. The zero-order chi connectivity index (χ0) is 17.5. The summed E-state index contributed by atoms with van der Waals surface area (Å²) in [5, 5.41) is 11.2. The van der Waals surface area contributed by atoms with Crippen LogP contribution in [0.25, 0.3) is 0 Å². The van der Waals surface area contributed by atoms with Crippen LogP contribution in [0.3, 0.4) is 0 Å². The van der Waals surface area contributed by atoms with Crippen LogP contribution in [0.4, 0.5) is 5.69 Å². The van der Waals surface area contributed by atoms with Gasteiger partial charge in [-0.1, -0.05) is 6.42 Å². The van der Waals surface area contributed by atoms with Crippen LogP contribution in [0.15, 0.2) is 12.1 Å². The molecule has 0 atom stereocenters. The Balaban J connectivity index is 2.63. The van der Waals surface area contributed by atoms with E-state index in [0.29, 0.717) is 23.7 Å². The highest BCUT2D eigenvalue weighted by molar-refractivity contribution is 7.44. The Bertz CT molecular complexity index is 537. The maximum Gasteiger partial charge on any atom is 0.278 e. The number of unbranched alkanes of at least 4 members (excludes halogenated alkanes) is 1. The Labute approximate surface area is 146 Å². The molecule has 0 saturated carbocycles. The Kier molecular flexibility index (Phi) is 8.11. The molecule has 0 aliphatic carbocycles. The van der Waals surface area contributed by atoms with Crippen LogP contribution in [0.2, 0.25) is 12.6 Å². The predicted octanol–water partition coefficient (Wildman–Crippen LogP) is 4.46. The molecule has 0 aliphatic heterocycles. The van der Waals surface area contributed by atoms with Crippen molar-refractivity contribution in [1.82, 2.24) is 0 Å². The normalized spacial score (nSPS) is 11.3. The maximum atomic E-state index is 11.2. The molecule has 0 heterocycles. The molecule has 9 heteroatoms. The first-order valence-corrected chi connectivity index (χ1v) is 11.9. The molecule has 0 radical (unpaired) electrons. The van der Waals surface area contributed by atoms with Crippen LogP contribution < -0.4 is 9.47 Å². The predicted molar refractivity (Wildman–Crippen MR) is 93.2 cm³/mol. The van der Waals surface area contributed by atoms with Crippen LogP contribution in [0.1, 0.15) is 18.4 Å². The zero-order valence-corrected chi connectivity index (χ0v) is 15.9. The fourth-order valence-electron chi connectivity index (χ4n) is 2.02. The summed E-state index contributed by atoms with van der Waals surface area (Å²) in [6.45, 7) is 0.442. The number of halogens is 2. The van der Waals surface area contributed by atoms with E-state index in [9.17, 15) is 10.1 Å². The lowest BCUT2D eigenvalue weighted by Gasteiger charge is -2.11. The molecule has 0 saturated heterocycles. The van der Waals surface area contributed by atoms with Crippen LogP contribution in [-0.2, 0) is 11.3 Å². The summed E-state index contributed by atoms with van der Waals surface area (Å²) in [5.41, 5.74) is 0.394. The van der Waals surface area contributed by atoms with Gasteiger partial charge in [0.15, 0.2) is 11.5 Å². The molecule has 1 aromatic carbocycles. The van der Waals surface area contributed by atoms with Gasteiger partial charge in [-0.25, -0.2) is 0 Å². The smallest absolute Gasteiger partial charge is 0.278 e. The van der Waals surface area contributed by atoms with Crippen molar-refractivity contribution in [3.8, 4) is 11.5 Å². The quantitative estimate of drug-likeness (QED) is 0.196. The van der Waals surface area contributed by atoms with Crippen molar-refractivity contribution in [2.75, 3.05) is 20.8 Å². The van der Waals surface area contributed by atoms with Crippen LogP contribution in [-0.4, -0.2) is 32.4 Å². The number of methoxy groups -OCH3 is 2. The monoisotopic (exact) mass is 381 g/mol. The number of hydrogen-bond donors (Lipinski definition) is 0. The highest BCUT2D eigenvalue weighted by Crippen LogP contribution is 2.34. The second kappa shape index (κ2) is 9.32. The summed E-state index contributed by atoms with van der Waals surface area (Å²) in [7, 11) is 2.91. The minimum Gasteiger partial charge on any atom is -0.493 e. The molecular formula is C14H21Cl2NO5Si. The van der Waals surface area contributed by atoms with Crippen molar-refractivity contribution in [3.63, 3.8) is 0 Å². The van der Waals surface area contributed by atoms with E-state index in [-0.39, 0.29) is 12.3 Å². The third kappa shape index (κ3) is 6.95. The third-order valence-corrected chi connectivity index (χ3v) is 5.56. The first kappa shape index (κ1) is 20.0. The van der Waals surface area contributed by atoms with E-state index < -0.39 is 11.6 Å². The molecule has 1 aromatic rings. The van der Waals surface area contributed by atoms with Gasteiger partial charge in [0.25, 0.3) is 5.69 Å². The van der Waals surface area contributed by atoms with Crippen molar-refractivity contribution >= 4 is 34.5 Å². The Morgan fingerprint density at radius 1 is 1.17 bits per heavy atom. The van der Waals surface area contributed by atoms with Gasteiger partial charge in [0.1, 0.15) is 0 Å². The van der Waals surface area contributed by atoms with E-state index in [2.05, 4.69) is 0 Å². The summed E-state index contributed by atoms with van der Waals surface area (Å²) in [5.74, 6) is 0.749. The molecule has 0 unspecified atom stereocenters. The second-order valence-corrected chi connectivity index (χ2v) is 13.4. The summed E-state index contributed by atoms with van der Waals surface area (Å²) >= 11 is 12.0. The summed E-state index contributed by atoms with van der Waals surface area (Å²) in [6.07, 6.45) is 1.69. The van der Waals surface area contributed by atoms with Gasteiger partial charge in [0.05, 0.1) is 37.4 Å². The van der Waals surface area contributed by atoms with Crippen molar-refractivity contribution in [3.05, 3.63) is 27.8 Å². The van der Waals surface area contributed by atoms with E-state index in [1.54, 1.807) is 6.07 Å². The minimum absolute atomic E-state index is 0.0517. The highest BCUT2D eigenvalue weighted by atomic mass is 35.7. The summed E-state index contributed by atoms with van der Waals surface area (Å²) < 4.78 is 15.8. The van der Waals surface area contributed by atoms with Crippen molar-refractivity contribution in [2.45, 2.75) is 32.0 Å². The third-order valence-electron chi connectivity index (χ3n) is 3.19. The lowest BCUT2D eigenvalue weighted by molar-refractivity contribution is -0.386. The van der Waals surface area contributed by atoms with Crippen molar-refractivity contribution in [2.24, 2.45) is 0 Å². The van der Waals surface area contributed by atoms with E-state index >= 15 is 0 Å². The van der Waals surface area contributed by atoms with E-state index in [1.165, 1.54) is 20.3 Å². The minimum atomic E-state index is -2.06. The van der Waals surface area contributed by atoms with Gasteiger partial charge in [-0.15, -0.1) is 22.2 Å². The number of rotatable bonds is 10. The van der Waals surface area contributed by atoms with Crippen molar-refractivity contribution in [1.29, 1.82) is 0 Å². The zero-order valence-electron chi connectivity index (χ0n) is 13.4. The van der Waals surface area contributed by atoms with Gasteiger partial charge in [-0.3, -0.25) is 10.1 Å². The molecule has 1 rings (SSSR count). The van der Waals surface area contributed by atoms with Gasteiger partial charge in [0.2, 0.25) is 6.69 Å². The van der Waals surface area contributed by atoms with Crippen LogP contribution in [0, 0.1) is 10.1 Å². The number of nitrogens with zero attached hydrogens (tertiary/aromatic N) is 1. The van der Waals surface area contributed by atoms with Gasteiger partial charge in [-0.2, -0.15) is 0 Å². The van der Waals surface area contributed by atoms with Gasteiger partial charge in [-0.05, 0) is 25.1 Å². The number of nitro groups is 1. The van der Waals surface area contributed by atoms with Gasteiger partial charge >= 0.3 is 0 Å². The molecule has 0 aliphatic rings. The molecule has 0 N–H and O–H groups in total. The average molecular weight is 382 g/mol. The van der Waals surface area contributed by atoms with Crippen LogP contribution in [0.5, 0.6) is 11.5 Å². The SMILES string of the molecule is COc1cc(COCCCC[Si](C)(Cl)Cl)c([N+](=O)[O-])cc1OC. The van der Waals surface area contributed by atoms with Gasteiger partial charge in [0, 0.05) is 6.61 Å². The molecule has 0 spiro atoms. The maximum absolute atomic E-state index is 11.2. The largest absolute Gasteiger partial charge is 0.493 e. The number of benzene rings is 1. The Hall–Kier alpha value is -1.02. The highest BCUT2D eigenvalue weighted by Gasteiger charge is 2.20. The molecule has 0 aromatic heterocycles. The van der Waals surface area contributed by atoms with Gasteiger partial charge < -0.3 is 14.2 Å². The van der Waals surface area contributed by atoms with Crippen molar-refractivity contribution < 1.29 is 19.1 Å². The number of ether oxygens (including phenoxy) is 3. The molecule has 0 amide bonds. The van der Waals surface area contributed by atoms with E-state index in [1.807, 2.05) is 6.55 Å². The molecule has 0 bridgehead atoms. The second-order valence-electron chi connectivity index (χ2n) is 5.17. The van der Waals surface area contributed by atoms with Crippen LogP contribution >= 0.6 is 22.2 Å². The first-order valence-electron chi connectivity index (χ1n) is 7.13. The topological polar surface area (TPSA) is 70.8 Å². The van der Waals surface area contributed by atoms with E-state index in [0.717, 1.165) is 18.9 Å². The molecule has 6 nitrogen and oxygen atoms in total. The standard InChI is InChI=1S/C14H21Cl2NO5Si/c1-20-13-8-11(12(17(18)19)9-14(13)21-2)10-22-6-4-5-7-23(3,15)16/h8-9H,4-7,10H2,1-3H3. The fraction of sp³-hybridized carbons (Fsp3) is 0.571. The molecule has 130 valence electrons.